The molecule has 0 radical (unpaired) electrons. The van der Waals surface area contributed by atoms with E-state index in [0.717, 1.165) is 12.8 Å². The fourth-order valence-electron chi connectivity index (χ4n) is 3.54. The molecule has 2 atom stereocenters. The van der Waals surface area contributed by atoms with E-state index < -0.39 is 6.19 Å². The molecule has 1 aliphatic rings. The second kappa shape index (κ2) is 6.38. The van der Waals surface area contributed by atoms with Gasteiger partial charge in [-0.25, -0.2) is 0 Å². The molecule has 1 saturated carbocycles. The summed E-state index contributed by atoms with van der Waals surface area (Å²) in [6, 6.07) is 21.3. The zero-order valence-corrected chi connectivity index (χ0v) is 16.4. The van der Waals surface area contributed by atoms with Crippen molar-refractivity contribution in [3.8, 4) is 0 Å². The molecule has 1 fully saturated rings. The van der Waals surface area contributed by atoms with Crippen LogP contribution in [0, 0.1) is 5.41 Å². The topological polar surface area (TPSA) is 38.0 Å². The minimum atomic E-state index is -2.08. The van der Waals surface area contributed by atoms with Crippen LogP contribution in [0.1, 0.15) is 33.6 Å². The van der Waals surface area contributed by atoms with Crippen molar-refractivity contribution in [3.63, 3.8) is 0 Å². The van der Waals surface area contributed by atoms with Crippen LogP contribution in [0.5, 0.6) is 0 Å². The lowest BCUT2D eigenvalue weighted by atomic mass is 9.75. The summed E-state index contributed by atoms with van der Waals surface area (Å²) in [5.41, 5.74) is 6.41. The Labute approximate surface area is 150 Å². The zero-order chi connectivity index (χ0) is 17.4. The summed E-state index contributed by atoms with van der Waals surface area (Å²) >= 11 is 6.31. The Hall–Kier alpha value is -0.990. The van der Waals surface area contributed by atoms with E-state index in [1.54, 1.807) is 0 Å². The predicted octanol–water partition coefficient (Wildman–Crippen LogP) is 3.53. The van der Waals surface area contributed by atoms with E-state index in [2.05, 4.69) is 74.4 Å². The Balaban J connectivity index is 2.03. The van der Waals surface area contributed by atoms with Gasteiger partial charge in [0.1, 0.15) is 0 Å². The van der Waals surface area contributed by atoms with E-state index in [9.17, 15) is 0 Å². The Morgan fingerprint density at radius 1 is 0.958 bits per heavy atom. The van der Waals surface area contributed by atoms with Gasteiger partial charge in [0.2, 0.25) is 0 Å². The molecule has 128 valence electrons. The van der Waals surface area contributed by atoms with Crippen LogP contribution >= 0.6 is 6.19 Å². The first-order valence-corrected chi connectivity index (χ1v) is 11.4. The molecule has 3 N–H and O–H groups in total. The molecule has 2 aromatic carbocycles. The average Bonchev–Trinajstić information content (AvgIpc) is 2.78. The third-order valence-electron chi connectivity index (χ3n) is 5.87. The predicted molar refractivity (Wildman–Crippen MR) is 109 cm³/mol. The van der Waals surface area contributed by atoms with Crippen molar-refractivity contribution >= 4 is 28.6 Å². The fourth-order valence-corrected chi connectivity index (χ4v) is 7.33. The number of nitrogens with one attached hydrogen (secondary N) is 1. The van der Waals surface area contributed by atoms with E-state index in [0.29, 0.717) is 6.04 Å². The van der Waals surface area contributed by atoms with Crippen molar-refractivity contribution in [2.75, 3.05) is 0 Å². The maximum atomic E-state index is 6.58. The first-order valence-electron chi connectivity index (χ1n) is 8.55. The lowest BCUT2D eigenvalue weighted by Crippen LogP contribution is -2.53. The van der Waals surface area contributed by atoms with Gasteiger partial charge in [0, 0.05) is 22.2 Å². The van der Waals surface area contributed by atoms with Crippen LogP contribution in [0.2, 0.25) is 0 Å². The number of hydrogen-bond acceptors (Lipinski definition) is 2. The average molecular weight is 358 g/mol. The molecule has 0 heterocycles. The second-order valence-electron chi connectivity index (χ2n) is 7.64. The van der Waals surface area contributed by atoms with E-state index in [1.807, 2.05) is 12.1 Å². The van der Waals surface area contributed by atoms with Crippen molar-refractivity contribution in [1.29, 1.82) is 0 Å². The number of nitrogens with two attached hydrogens (primary N) is 1. The summed E-state index contributed by atoms with van der Waals surface area (Å²) in [5.74, 6) is 0. The first-order chi connectivity index (χ1) is 11.3. The van der Waals surface area contributed by atoms with Crippen LogP contribution in [-0.2, 0) is 11.8 Å². The third kappa shape index (κ3) is 2.99. The van der Waals surface area contributed by atoms with Crippen molar-refractivity contribution < 1.29 is 0 Å². The lowest BCUT2D eigenvalue weighted by Gasteiger charge is -2.41. The van der Waals surface area contributed by atoms with Gasteiger partial charge in [-0.1, -0.05) is 86.3 Å². The molecule has 0 spiro atoms. The Morgan fingerprint density at radius 3 is 1.79 bits per heavy atom. The summed E-state index contributed by atoms with van der Waals surface area (Å²) in [6.45, 7) is 6.71. The van der Waals surface area contributed by atoms with Gasteiger partial charge in [-0.05, 0) is 25.2 Å². The molecule has 0 unspecified atom stereocenters. The minimum absolute atomic E-state index is 0.000616. The molecule has 0 aliphatic heterocycles. The highest BCUT2D eigenvalue weighted by molar-refractivity contribution is 8.20. The van der Waals surface area contributed by atoms with Gasteiger partial charge >= 0.3 is 0 Å². The quantitative estimate of drug-likeness (QED) is 0.821. The van der Waals surface area contributed by atoms with Gasteiger partial charge in [0.25, 0.3) is 0 Å². The molecule has 0 aromatic heterocycles. The standard InChI is InChI=1S/C20H27N2PS/c1-19(2)18(14-15-20(19,3)21)22-23(24,16-10-6-4-7-11-16)17-12-8-5-9-13-17/h4-13,18H,14-15,21H2,1-3H3,(H,22,24)/t18-,20-/m1/s1. The second-order valence-corrected chi connectivity index (χ2v) is 11.8. The maximum Gasteiger partial charge on any atom is 0.0686 e. The molecular weight excluding hydrogens is 331 g/mol. The van der Waals surface area contributed by atoms with Gasteiger partial charge in [-0.3, -0.25) is 5.09 Å². The van der Waals surface area contributed by atoms with E-state index in [-0.39, 0.29) is 11.0 Å². The first kappa shape index (κ1) is 17.8. The van der Waals surface area contributed by atoms with Crippen LogP contribution in [0.4, 0.5) is 0 Å². The van der Waals surface area contributed by atoms with Gasteiger partial charge in [0.15, 0.2) is 0 Å². The smallest absolute Gasteiger partial charge is 0.0686 e. The molecule has 0 bridgehead atoms. The number of hydrogen-bond donors (Lipinski definition) is 2. The van der Waals surface area contributed by atoms with Crippen molar-refractivity contribution in [1.82, 2.24) is 5.09 Å². The van der Waals surface area contributed by atoms with Crippen LogP contribution in [-0.4, -0.2) is 11.6 Å². The number of rotatable bonds is 4. The monoisotopic (exact) mass is 358 g/mol. The summed E-state index contributed by atoms with van der Waals surface area (Å²) in [6.07, 6.45) is 0.0101. The van der Waals surface area contributed by atoms with Crippen LogP contribution < -0.4 is 21.4 Å². The minimum Gasteiger partial charge on any atom is -0.325 e. The molecule has 4 heteroatoms. The van der Waals surface area contributed by atoms with Gasteiger partial charge in [0.05, 0.1) is 6.19 Å². The molecule has 3 rings (SSSR count). The zero-order valence-electron chi connectivity index (χ0n) is 14.7. The SMILES string of the molecule is CC1(C)[C@H](NP(=S)(c2ccccc2)c2ccccc2)CC[C@@]1(C)N. The number of benzene rings is 2. The van der Waals surface area contributed by atoms with Gasteiger partial charge in [-0.2, -0.15) is 0 Å². The highest BCUT2D eigenvalue weighted by Gasteiger charge is 2.50. The summed E-state index contributed by atoms with van der Waals surface area (Å²) in [4.78, 5) is 0. The van der Waals surface area contributed by atoms with E-state index >= 15 is 0 Å². The molecule has 0 saturated heterocycles. The highest BCUT2D eigenvalue weighted by atomic mass is 32.4. The molecule has 24 heavy (non-hydrogen) atoms. The van der Waals surface area contributed by atoms with Crippen molar-refractivity contribution in [3.05, 3.63) is 60.7 Å². The van der Waals surface area contributed by atoms with E-state index in [4.69, 9.17) is 17.5 Å². The lowest BCUT2D eigenvalue weighted by molar-refractivity contribution is 0.199. The molecule has 0 amide bonds. The Morgan fingerprint density at radius 2 is 1.42 bits per heavy atom. The summed E-state index contributed by atoms with van der Waals surface area (Å²) in [7, 11) is 0. The fraction of sp³-hybridized carbons (Fsp3) is 0.400. The largest absolute Gasteiger partial charge is 0.325 e. The maximum absolute atomic E-state index is 6.58. The van der Waals surface area contributed by atoms with Crippen LogP contribution in [0.25, 0.3) is 0 Å². The summed E-state index contributed by atoms with van der Waals surface area (Å²) < 4.78 is 0. The summed E-state index contributed by atoms with van der Waals surface area (Å²) in [5, 5.41) is 6.35. The molecule has 1 aliphatic carbocycles. The molecular formula is C20H27N2PS. The van der Waals surface area contributed by atoms with Crippen LogP contribution in [0.3, 0.4) is 0 Å². The van der Waals surface area contributed by atoms with Gasteiger partial charge in [-0.15, -0.1) is 0 Å². The Bertz CT molecular complexity index is 697. The normalized spacial score (nSPS) is 26.4. The Kier molecular flexibility index (Phi) is 4.74. The van der Waals surface area contributed by atoms with Crippen LogP contribution in [0.15, 0.2) is 60.7 Å². The van der Waals surface area contributed by atoms with Crippen molar-refractivity contribution in [2.45, 2.75) is 45.2 Å². The molecule has 2 nitrogen and oxygen atoms in total. The highest BCUT2D eigenvalue weighted by Crippen LogP contribution is 2.49. The third-order valence-corrected chi connectivity index (χ3v) is 10.2. The molecule has 2 aromatic rings. The van der Waals surface area contributed by atoms with Gasteiger partial charge < -0.3 is 5.73 Å². The van der Waals surface area contributed by atoms with E-state index in [1.165, 1.54) is 10.6 Å². The van der Waals surface area contributed by atoms with Crippen molar-refractivity contribution in [2.24, 2.45) is 11.1 Å².